The van der Waals surface area contributed by atoms with Crippen molar-refractivity contribution in [3.63, 3.8) is 0 Å². The lowest BCUT2D eigenvalue weighted by Gasteiger charge is -2.26. The molecule has 3 saturated heterocycles. The molecule has 9 nitrogen and oxygen atoms in total. The molecule has 0 radical (unpaired) electrons. The summed E-state index contributed by atoms with van der Waals surface area (Å²) in [6, 6.07) is 12.0. The van der Waals surface area contributed by atoms with E-state index in [1.807, 2.05) is 24.3 Å². The van der Waals surface area contributed by atoms with Gasteiger partial charge in [0.2, 0.25) is 11.8 Å². The molecule has 3 aliphatic heterocycles. The first kappa shape index (κ1) is 29.8. The van der Waals surface area contributed by atoms with Gasteiger partial charge in [-0.25, -0.2) is 4.98 Å². The van der Waals surface area contributed by atoms with Gasteiger partial charge in [-0.3, -0.25) is 9.59 Å². The van der Waals surface area contributed by atoms with Gasteiger partial charge in [-0.2, -0.15) is 0 Å². The predicted molar refractivity (Wildman–Crippen MR) is 176 cm³/mol. The molecule has 230 valence electrons. The van der Waals surface area contributed by atoms with Gasteiger partial charge in [0.1, 0.15) is 0 Å². The van der Waals surface area contributed by atoms with Crippen molar-refractivity contribution in [2.45, 2.75) is 57.8 Å². The van der Waals surface area contributed by atoms with Crippen LogP contribution in [0.4, 0.5) is 17.1 Å². The zero-order chi connectivity index (χ0) is 29.4. The Balaban J connectivity index is 1.20. The summed E-state index contributed by atoms with van der Waals surface area (Å²) in [6.07, 6.45) is 9.78. The average Bonchev–Trinajstić information content (AvgIpc) is 3.74. The molecule has 0 bridgehead atoms. The summed E-state index contributed by atoms with van der Waals surface area (Å²) in [5, 5.41) is 12.0. The van der Waals surface area contributed by atoms with Crippen molar-refractivity contribution in [1.29, 1.82) is 0 Å². The monoisotopic (exact) mass is 585 g/mol. The van der Waals surface area contributed by atoms with E-state index in [0.717, 1.165) is 91.2 Å². The van der Waals surface area contributed by atoms with E-state index in [2.05, 4.69) is 42.8 Å². The summed E-state index contributed by atoms with van der Waals surface area (Å²) < 4.78 is 0. The van der Waals surface area contributed by atoms with Crippen LogP contribution in [0.2, 0.25) is 0 Å². The number of rotatable bonds is 12. The third kappa shape index (κ3) is 8.02. The van der Waals surface area contributed by atoms with Crippen molar-refractivity contribution < 1.29 is 9.59 Å². The number of likely N-dealkylation sites (tertiary alicyclic amines) is 3. The Kier molecular flexibility index (Phi) is 10.0. The average molecular weight is 586 g/mol. The Morgan fingerprint density at radius 2 is 1.05 bits per heavy atom. The van der Waals surface area contributed by atoms with Gasteiger partial charge >= 0.3 is 0 Å². The first-order valence-electron chi connectivity index (χ1n) is 16.5. The number of carbonyl (C=O) groups excluding carboxylic acids is 2. The van der Waals surface area contributed by atoms with Gasteiger partial charge in [0.15, 0.2) is 0 Å². The van der Waals surface area contributed by atoms with E-state index >= 15 is 0 Å². The third-order valence-electron chi connectivity index (χ3n) is 9.23. The van der Waals surface area contributed by atoms with Crippen molar-refractivity contribution in [2.24, 2.45) is 0 Å². The molecule has 4 heterocycles. The van der Waals surface area contributed by atoms with Crippen LogP contribution in [0.5, 0.6) is 0 Å². The number of hydrogen-bond donors (Lipinski definition) is 3. The molecule has 3 fully saturated rings. The molecule has 6 rings (SSSR count). The van der Waals surface area contributed by atoms with E-state index in [1.54, 1.807) is 0 Å². The standard InChI is InChI=1S/C34H47N7O2/c42-32(12-21-39-17-4-5-18-39)36-26-8-10-28-30(24-26)38-31-25-27(37-33(43)13-22-40-19-6-7-20-40)9-11-29(31)34(28)35-14-23-41-15-2-1-3-16-41/h8-11,24-25H,1-7,12-23H2,(H,35,38)(H,36,42)(H,37,43). The van der Waals surface area contributed by atoms with Gasteiger partial charge in [0.05, 0.1) is 16.7 Å². The fourth-order valence-corrected chi connectivity index (χ4v) is 6.79. The normalized spacial score (nSPS) is 18.4. The number of hydrogen-bond acceptors (Lipinski definition) is 7. The van der Waals surface area contributed by atoms with Crippen molar-refractivity contribution >= 4 is 50.7 Å². The van der Waals surface area contributed by atoms with Gasteiger partial charge in [0.25, 0.3) is 0 Å². The zero-order valence-electron chi connectivity index (χ0n) is 25.5. The minimum absolute atomic E-state index is 0.0332. The molecule has 1 aromatic heterocycles. The second-order valence-corrected chi connectivity index (χ2v) is 12.5. The van der Waals surface area contributed by atoms with E-state index in [1.165, 1.54) is 58.0 Å². The van der Waals surface area contributed by atoms with Gasteiger partial charge in [0, 0.05) is 61.2 Å². The summed E-state index contributed by atoms with van der Waals surface area (Å²) in [7, 11) is 0. The second-order valence-electron chi connectivity index (χ2n) is 12.5. The molecule has 3 aliphatic rings. The minimum Gasteiger partial charge on any atom is -0.383 e. The molecule has 43 heavy (non-hydrogen) atoms. The van der Waals surface area contributed by atoms with Crippen LogP contribution >= 0.6 is 0 Å². The smallest absolute Gasteiger partial charge is 0.225 e. The van der Waals surface area contributed by atoms with E-state index in [0.29, 0.717) is 12.8 Å². The number of benzene rings is 2. The number of fused-ring (bicyclic) bond motifs is 2. The first-order valence-corrected chi connectivity index (χ1v) is 16.5. The molecule has 9 heteroatoms. The molecule has 0 unspecified atom stereocenters. The topological polar surface area (TPSA) is 92.8 Å². The molecule has 0 aliphatic carbocycles. The summed E-state index contributed by atoms with van der Waals surface area (Å²) >= 11 is 0. The maximum atomic E-state index is 12.7. The Hall–Kier alpha value is -3.27. The number of aromatic nitrogens is 1. The van der Waals surface area contributed by atoms with Crippen molar-refractivity contribution in [3.8, 4) is 0 Å². The minimum atomic E-state index is 0.0332. The van der Waals surface area contributed by atoms with Gasteiger partial charge in [-0.15, -0.1) is 0 Å². The highest BCUT2D eigenvalue weighted by molar-refractivity contribution is 6.09. The summed E-state index contributed by atoms with van der Waals surface area (Å²) in [6.45, 7) is 10.2. The van der Waals surface area contributed by atoms with Crippen molar-refractivity contribution in [1.82, 2.24) is 19.7 Å². The largest absolute Gasteiger partial charge is 0.383 e. The van der Waals surface area contributed by atoms with E-state index in [-0.39, 0.29) is 11.8 Å². The Morgan fingerprint density at radius 1 is 0.605 bits per heavy atom. The van der Waals surface area contributed by atoms with E-state index in [9.17, 15) is 9.59 Å². The highest BCUT2D eigenvalue weighted by Gasteiger charge is 2.17. The maximum Gasteiger partial charge on any atom is 0.225 e. The van der Waals surface area contributed by atoms with Crippen molar-refractivity contribution in [3.05, 3.63) is 36.4 Å². The summed E-state index contributed by atoms with van der Waals surface area (Å²) in [4.78, 5) is 37.8. The van der Waals surface area contributed by atoms with E-state index < -0.39 is 0 Å². The zero-order valence-corrected chi connectivity index (χ0v) is 25.5. The van der Waals surface area contributed by atoms with Crippen LogP contribution in [0.3, 0.4) is 0 Å². The number of amides is 2. The fourth-order valence-electron chi connectivity index (χ4n) is 6.79. The lowest BCUT2D eigenvalue weighted by atomic mass is 10.1. The van der Waals surface area contributed by atoms with Crippen LogP contribution in [-0.4, -0.2) is 96.9 Å². The molecule has 2 amide bonds. The van der Waals surface area contributed by atoms with Crippen LogP contribution < -0.4 is 16.0 Å². The highest BCUT2D eigenvalue weighted by Crippen LogP contribution is 2.33. The summed E-state index contributed by atoms with van der Waals surface area (Å²) in [5.41, 5.74) is 4.22. The molecule has 0 saturated carbocycles. The van der Waals surface area contributed by atoms with Crippen LogP contribution in [0, 0.1) is 0 Å². The maximum absolute atomic E-state index is 12.7. The van der Waals surface area contributed by atoms with Crippen LogP contribution in [0.1, 0.15) is 57.8 Å². The van der Waals surface area contributed by atoms with Crippen molar-refractivity contribution in [2.75, 3.05) is 81.4 Å². The Labute approximate surface area is 255 Å². The predicted octanol–water partition coefficient (Wildman–Crippen LogP) is 5.13. The number of nitrogens with zero attached hydrogens (tertiary/aromatic N) is 4. The van der Waals surface area contributed by atoms with Crippen LogP contribution in [-0.2, 0) is 9.59 Å². The molecule has 0 spiro atoms. The van der Waals surface area contributed by atoms with Gasteiger partial charge in [-0.05, 0) is 114 Å². The lowest BCUT2D eigenvalue weighted by molar-refractivity contribution is -0.117. The first-order chi connectivity index (χ1) is 21.1. The lowest BCUT2D eigenvalue weighted by Crippen LogP contribution is -2.33. The number of anilines is 3. The molecule has 3 N–H and O–H groups in total. The third-order valence-corrected chi connectivity index (χ3v) is 9.23. The van der Waals surface area contributed by atoms with Crippen LogP contribution in [0.25, 0.3) is 21.8 Å². The van der Waals surface area contributed by atoms with Gasteiger partial charge in [-0.1, -0.05) is 6.42 Å². The Bertz CT molecular complexity index is 1320. The highest BCUT2D eigenvalue weighted by atomic mass is 16.2. The summed E-state index contributed by atoms with van der Waals surface area (Å²) in [5.74, 6) is 0.0664. The molecule has 2 aromatic carbocycles. The quantitative estimate of drug-likeness (QED) is 0.254. The van der Waals surface area contributed by atoms with Crippen LogP contribution in [0.15, 0.2) is 36.4 Å². The van der Waals surface area contributed by atoms with E-state index in [4.69, 9.17) is 4.98 Å². The Morgan fingerprint density at radius 3 is 1.53 bits per heavy atom. The number of pyridine rings is 1. The second kappa shape index (κ2) is 14.5. The molecular weight excluding hydrogens is 538 g/mol. The molecule has 0 atom stereocenters. The number of piperidine rings is 1. The molecule has 3 aromatic rings. The number of nitrogens with one attached hydrogen (secondary N) is 3. The SMILES string of the molecule is O=C(CCN1CCCC1)Nc1ccc2c(NCCN3CCCCC3)c3ccc(NC(=O)CCN4CCCC4)cc3nc2c1. The van der Waals surface area contributed by atoms with Gasteiger partial charge < -0.3 is 30.7 Å². The number of carbonyl (C=O) groups is 2. The fraction of sp³-hybridized carbons (Fsp3) is 0.559. The molecular formula is C34H47N7O2.